The summed E-state index contributed by atoms with van der Waals surface area (Å²) in [4.78, 5) is 3.68. The molecule has 0 unspecified atom stereocenters. The maximum Gasteiger partial charge on any atom is 0.187 e. The summed E-state index contributed by atoms with van der Waals surface area (Å²) in [6.45, 7) is 11.7. The minimum Gasteiger partial charge on any atom is -0.309 e. The quantitative estimate of drug-likeness (QED) is 0.199. The number of hydrogen-bond acceptors (Lipinski definition) is 0. The van der Waals surface area contributed by atoms with Crippen LogP contribution < -0.4 is 0 Å². The molecule has 0 N–H and O–H groups in total. The normalized spacial score (nSPS) is 11.5. The molecule has 0 spiro atoms. The number of fused-ring (bicyclic) bond motifs is 6. The van der Waals surface area contributed by atoms with Gasteiger partial charge in [-0.25, -0.2) is 4.85 Å². The van der Waals surface area contributed by atoms with Crippen molar-refractivity contribution in [3.05, 3.63) is 150 Å². The SMILES string of the molecule is [C-]#[N+]c1cc(C)c(-n2c3ccccc3c3cc(-c4ccc5c6ccccc6n(-c6ccccc6)c5c4)ccc32)c(C)c1. The van der Waals surface area contributed by atoms with Gasteiger partial charge in [-0.1, -0.05) is 84.9 Å². The minimum absolute atomic E-state index is 0.681. The van der Waals surface area contributed by atoms with Gasteiger partial charge in [0.25, 0.3) is 0 Å². The summed E-state index contributed by atoms with van der Waals surface area (Å²) in [5.41, 5.74) is 12.3. The standard InChI is InChI=1S/C39H27N3/c1-25-21-29(40-3)22-26(2)39(25)42-36-16-10-8-14-32(36)34-23-27(18-20-37(34)42)28-17-19-33-31-13-7-9-15-35(31)41(38(33)24-28)30-11-5-4-6-12-30/h4-24H,1-2H3. The zero-order valence-electron chi connectivity index (χ0n) is 23.5. The Labute approximate surface area is 244 Å². The highest BCUT2D eigenvalue weighted by atomic mass is 15.0. The Morgan fingerprint density at radius 3 is 1.74 bits per heavy atom. The average Bonchev–Trinajstić information content (AvgIpc) is 3.53. The van der Waals surface area contributed by atoms with E-state index in [1.165, 1.54) is 54.7 Å². The Morgan fingerprint density at radius 1 is 0.476 bits per heavy atom. The van der Waals surface area contributed by atoms with Crippen molar-refractivity contribution >= 4 is 49.3 Å². The van der Waals surface area contributed by atoms with E-state index in [9.17, 15) is 0 Å². The Kier molecular flexibility index (Phi) is 5.32. The van der Waals surface area contributed by atoms with Crippen LogP contribution >= 0.6 is 0 Å². The first-order valence-corrected chi connectivity index (χ1v) is 14.2. The second-order valence-corrected chi connectivity index (χ2v) is 11.0. The first kappa shape index (κ1) is 24.2. The highest BCUT2D eigenvalue weighted by Crippen LogP contribution is 2.39. The molecule has 2 aromatic heterocycles. The monoisotopic (exact) mass is 537 g/mol. The third kappa shape index (κ3) is 3.52. The van der Waals surface area contributed by atoms with E-state index in [0.717, 1.165) is 22.5 Å². The summed E-state index contributed by atoms with van der Waals surface area (Å²) in [6.07, 6.45) is 0. The van der Waals surface area contributed by atoms with Crippen LogP contribution in [0.3, 0.4) is 0 Å². The molecule has 0 aliphatic carbocycles. The van der Waals surface area contributed by atoms with Gasteiger partial charge in [0.05, 0.1) is 28.6 Å². The van der Waals surface area contributed by atoms with Gasteiger partial charge in [-0.2, -0.15) is 0 Å². The van der Waals surface area contributed by atoms with E-state index in [0.29, 0.717) is 5.69 Å². The van der Waals surface area contributed by atoms with Crippen LogP contribution in [0.15, 0.2) is 127 Å². The topological polar surface area (TPSA) is 14.2 Å². The van der Waals surface area contributed by atoms with E-state index in [1.807, 2.05) is 12.1 Å². The van der Waals surface area contributed by atoms with Gasteiger partial charge in [-0.15, -0.1) is 0 Å². The fraction of sp³-hybridized carbons (Fsp3) is 0.0513. The van der Waals surface area contributed by atoms with Crippen molar-refractivity contribution in [1.82, 2.24) is 9.13 Å². The minimum atomic E-state index is 0.681. The van der Waals surface area contributed by atoms with Gasteiger partial charge in [-0.3, -0.25) is 0 Å². The number of para-hydroxylation sites is 3. The lowest BCUT2D eigenvalue weighted by Crippen LogP contribution is -2.00. The van der Waals surface area contributed by atoms with Crippen LogP contribution in [-0.2, 0) is 0 Å². The fourth-order valence-electron chi connectivity index (χ4n) is 6.75. The number of aryl methyl sites for hydroxylation is 2. The van der Waals surface area contributed by atoms with Crippen LogP contribution in [0, 0.1) is 20.4 Å². The largest absolute Gasteiger partial charge is 0.309 e. The Hall–Kier alpha value is -5.59. The van der Waals surface area contributed by atoms with Crippen molar-refractivity contribution in [2.75, 3.05) is 0 Å². The fourth-order valence-corrected chi connectivity index (χ4v) is 6.75. The van der Waals surface area contributed by atoms with Crippen molar-refractivity contribution in [3.63, 3.8) is 0 Å². The van der Waals surface area contributed by atoms with Crippen molar-refractivity contribution in [2.24, 2.45) is 0 Å². The molecule has 0 radical (unpaired) electrons. The molecule has 0 saturated heterocycles. The third-order valence-corrected chi connectivity index (χ3v) is 8.52. The lowest BCUT2D eigenvalue weighted by Gasteiger charge is -2.15. The Bertz CT molecular complexity index is 2360. The highest BCUT2D eigenvalue weighted by Gasteiger charge is 2.18. The molecule has 8 aromatic rings. The predicted octanol–water partition coefficient (Wildman–Crippen LogP) is 10.7. The van der Waals surface area contributed by atoms with Crippen LogP contribution in [-0.4, -0.2) is 9.13 Å². The van der Waals surface area contributed by atoms with Crippen molar-refractivity contribution < 1.29 is 0 Å². The summed E-state index contributed by atoms with van der Waals surface area (Å²) in [7, 11) is 0. The number of nitrogens with zero attached hydrogens (tertiary/aromatic N) is 3. The van der Waals surface area contributed by atoms with E-state index < -0.39 is 0 Å². The molecule has 8 rings (SSSR count). The molecule has 0 aliphatic heterocycles. The van der Waals surface area contributed by atoms with Gasteiger partial charge in [0.15, 0.2) is 5.69 Å². The van der Waals surface area contributed by atoms with Gasteiger partial charge >= 0.3 is 0 Å². The summed E-state index contributed by atoms with van der Waals surface area (Å²) in [5, 5.41) is 4.96. The maximum atomic E-state index is 7.51. The predicted molar refractivity (Wildman–Crippen MR) is 176 cm³/mol. The van der Waals surface area contributed by atoms with Crippen LogP contribution in [0.5, 0.6) is 0 Å². The van der Waals surface area contributed by atoms with Crippen LogP contribution in [0.4, 0.5) is 5.69 Å². The lowest BCUT2D eigenvalue weighted by molar-refractivity contribution is 1.12. The number of aromatic nitrogens is 2. The van der Waals surface area contributed by atoms with Gasteiger partial charge in [0.1, 0.15) is 0 Å². The van der Waals surface area contributed by atoms with Gasteiger partial charge in [-0.05, 0) is 78.6 Å². The molecule has 198 valence electrons. The zero-order chi connectivity index (χ0) is 28.4. The van der Waals surface area contributed by atoms with Crippen molar-refractivity contribution in [1.29, 1.82) is 0 Å². The summed E-state index contributed by atoms with van der Waals surface area (Å²) in [5.74, 6) is 0. The Morgan fingerprint density at radius 2 is 1.02 bits per heavy atom. The van der Waals surface area contributed by atoms with Gasteiger partial charge in [0.2, 0.25) is 0 Å². The van der Waals surface area contributed by atoms with Crippen molar-refractivity contribution in [3.8, 4) is 22.5 Å². The molecule has 0 amide bonds. The molecule has 3 nitrogen and oxygen atoms in total. The number of benzene rings is 6. The lowest BCUT2D eigenvalue weighted by atomic mass is 10.0. The zero-order valence-corrected chi connectivity index (χ0v) is 23.5. The van der Waals surface area contributed by atoms with E-state index in [1.54, 1.807) is 0 Å². The molecule has 3 heteroatoms. The highest BCUT2D eigenvalue weighted by molar-refractivity contribution is 6.12. The summed E-state index contributed by atoms with van der Waals surface area (Å²) < 4.78 is 4.74. The molecule has 0 atom stereocenters. The van der Waals surface area contributed by atoms with E-state index >= 15 is 0 Å². The average molecular weight is 538 g/mol. The van der Waals surface area contributed by atoms with Crippen LogP contribution in [0.2, 0.25) is 0 Å². The van der Waals surface area contributed by atoms with E-state index in [4.69, 9.17) is 6.57 Å². The number of hydrogen-bond donors (Lipinski definition) is 0. The van der Waals surface area contributed by atoms with Gasteiger partial charge < -0.3 is 9.13 Å². The first-order chi connectivity index (χ1) is 20.6. The first-order valence-electron chi connectivity index (χ1n) is 14.2. The molecule has 0 saturated carbocycles. The molecular formula is C39H27N3. The van der Waals surface area contributed by atoms with Crippen molar-refractivity contribution in [2.45, 2.75) is 13.8 Å². The van der Waals surface area contributed by atoms with E-state index in [2.05, 4.69) is 143 Å². The maximum absolute atomic E-state index is 7.51. The van der Waals surface area contributed by atoms with Crippen LogP contribution in [0.1, 0.15) is 11.1 Å². The van der Waals surface area contributed by atoms with E-state index in [-0.39, 0.29) is 0 Å². The molecule has 0 aliphatic rings. The number of rotatable bonds is 3. The third-order valence-electron chi connectivity index (χ3n) is 8.52. The van der Waals surface area contributed by atoms with Gasteiger partial charge in [0, 0.05) is 32.9 Å². The molecule has 2 heterocycles. The molecule has 0 fully saturated rings. The molecule has 0 bridgehead atoms. The van der Waals surface area contributed by atoms with Crippen LogP contribution in [0.25, 0.3) is 71.0 Å². The second-order valence-electron chi connectivity index (χ2n) is 11.0. The second kappa shape index (κ2) is 9.23. The molecule has 42 heavy (non-hydrogen) atoms. The summed E-state index contributed by atoms with van der Waals surface area (Å²) in [6, 6.07) is 45.6. The molecular weight excluding hydrogens is 510 g/mol. The summed E-state index contributed by atoms with van der Waals surface area (Å²) >= 11 is 0. The molecule has 6 aromatic carbocycles. The Balaban J connectivity index is 1.37. The smallest absolute Gasteiger partial charge is 0.187 e.